The number of rotatable bonds is 5. The molecule has 1 N–H and O–H groups in total. The van der Waals surface area contributed by atoms with E-state index >= 15 is 0 Å². The third-order valence-electron chi connectivity index (χ3n) is 5.14. The first kappa shape index (κ1) is 20.5. The molecule has 1 unspecified atom stereocenters. The molecule has 2 heterocycles. The third-order valence-corrected chi connectivity index (χ3v) is 6.67. The Kier molecular flexibility index (Phi) is 7.08. The van der Waals surface area contributed by atoms with Crippen molar-refractivity contribution in [2.75, 3.05) is 45.6 Å². The van der Waals surface area contributed by atoms with Crippen molar-refractivity contribution in [3.63, 3.8) is 0 Å². The topological polar surface area (TPSA) is 61.9 Å². The molecule has 8 heteroatoms. The van der Waals surface area contributed by atoms with Crippen LogP contribution in [0.5, 0.6) is 0 Å². The summed E-state index contributed by atoms with van der Waals surface area (Å²) in [6.07, 6.45) is 4.84. The number of hydrogen-bond donors (Lipinski definition) is 1. The van der Waals surface area contributed by atoms with Gasteiger partial charge in [0.15, 0.2) is 14.9 Å². The second-order valence-corrected chi connectivity index (χ2v) is 9.76. The summed E-state index contributed by atoms with van der Waals surface area (Å²) in [5.74, 6) is 0. The molecule has 0 saturated carbocycles. The zero-order valence-corrected chi connectivity index (χ0v) is 17.5. The Balaban J connectivity index is 1.47. The van der Waals surface area contributed by atoms with Crippen LogP contribution in [0.25, 0.3) is 0 Å². The Morgan fingerprint density at radius 1 is 1.19 bits per heavy atom. The number of nitrogens with zero attached hydrogens (tertiary/aromatic N) is 2. The summed E-state index contributed by atoms with van der Waals surface area (Å²) in [5, 5.41) is 4.19. The molecular formula is C19H29N3O3S2. The average molecular weight is 412 g/mol. The summed E-state index contributed by atoms with van der Waals surface area (Å²) in [6, 6.07) is 7.21. The molecule has 0 bridgehead atoms. The molecule has 0 spiro atoms. The van der Waals surface area contributed by atoms with E-state index < -0.39 is 9.84 Å². The summed E-state index contributed by atoms with van der Waals surface area (Å²) in [5.41, 5.74) is 1.13. The van der Waals surface area contributed by atoms with Crippen LogP contribution >= 0.6 is 12.2 Å². The van der Waals surface area contributed by atoms with Crippen molar-refractivity contribution in [1.82, 2.24) is 15.1 Å². The lowest BCUT2D eigenvalue weighted by molar-refractivity contribution is 0.113. The molecular weight excluding hydrogens is 382 g/mol. The lowest BCUT2D eigenvalue weighted by Crippen LogP contribution is -2.44. The molecule has 0 radical (unpaired) electrons. The fraction of sp³-hybridized carbons (Fsp3) is 0.632. The lowest BCUT2D eigenvalue weighted by Gasteiger charge is -2.25. The molecule has 0 amide bonds. The molecule has 27 heavy (non-hydrogen) atoms. The molecule has 1 aromatic carbocycles. The molecule has 2 fully saturated rings. The van der Waals surface area contributed by atoms with Crippen LogP contribution in [-0.2, 0) is 21.1 Å². The number of thiocarbonyl (C=S) groups is 1. The first-order valence-corrected chi connectivity index (χ1v) is 11.9. The molecule has 6 nitrogen and oxygen atoms in total. The van der Waals surface area contributed by atoms with Crippen molar-refractivity contribution < 1.29 is 13.2 Å². The zero-order chi connectivity index (χ0) is 19.3. The van der Waals surface area contributed by atoms with Crippen LogP contribution in [0.3, 0.4) is 0 Å². The Morgan fingerprint density at radius 2 is 1.96 bits per heavy atom. The summed E-state index contributed by atoms with van der Waals surface area (Å²) in [4.78, 5) is 5.02. The van der Waals surface area contributed by atoms with Crippen molar-refractivity contribution in [3.05, 3.63) is 29.8 Å². The summed E-state index contributed by atoms with van der Waals surface area (Å²) >= 11 is 5.57. The highest BCUT2D eigenvalue weighted by atomic mass is 32.2. The fourth-order valence-corrected chi connectivity index (χ4v) is 4.45. The van der Waals surface area contributed by atoms with Gasteiger partial charge in [0.1, 0.15) is 0 Å². The van der Waals surface area contributed by atoms with E-state index in [0.717, 1.165) is 75.8 Å². The minimum absolute atomic E-state index is 0.293. The van der Waals surface area contributed by atoms with Gasteiger partial charge in [-0.1, -0.05) is 12.1 Å². The Bertz CT molecular complexity index is 731. The van der Waals surface area contributed by atoms with E-state index in [0.29, 0.717) is 11.0 Å². The molecule has 0 aromatic heterocycles. The van der Waals surface area contributed by atoms with E-state index in [1.54, 1.807) is 12.1 Å². The summed E-state index contributed by atoms with van der Waals surface area (Å²) in [6.45, 7) is 6.30. The summed E-state index contributed by atoms with van der Waals surface area (Å²) in [7, 11) is -3.14. The number of ether oxygens (including phenoxy) is 1. The molecule has 2 aliphatic heterocycles. The van der Waals surface area contributed by atoms with Crippen LogP contribution in [0.1, 0.15) is 24.8 Å². The Hall–Kier alpha value is -1.22. The molecule has 1 atom stereocenters. The fourth-order valence-electron chi connectivity index (χ4n) is 3.55. The second kappa shape index (κ2) is 9.32. The monoisotopic (exact) mass is 411 g/mol. The highest BCUT2D eigenvalue weighted by Gasteiger charge is 2.20. The minimum Gasteiger partial charge on any atom is -0.376 e. The van der Waals surface area contributed by atoms with Crippen LogP contribution in [0.2, 0.25) is 0 Å². The van der Waals surface area contributed by atoms with E-state index in [1.165, 1.54) is 6.26 Å². The van der Waals surface area contributed by atoms with E-state index in [4.69, 9.17) is 17.0 Å². The van der Waals surface area contributed by atoms with Gasteiger partial charge in [-0.2, -0.15) is 0 Å². The van der Waals surface area contributed by atoms with E-state index in [-0.39, 0.29) is 0 Å². The van der Waals surface area contributed by atoms with E-state index in [2.05, 4.69) is 15.1 Å². The molecule has 0 aliphatic carbocycles. The van der Waals surface area contributed by atoms with Crippen molar-refractivity contribution in [1.29, 1.82) is 0 Å². The predicted molar refractivity (Wildman–Crippen MR) is 111 cm³/mol. The van der Waals surface area contributed by atoms with Crippen LogP contribution in [0.15, 0.2) is 29.2 Å². The largest absolute Gasteiger partial charge is 0.376 e. The first-order valence-electron chi connectivity index (χ1n) is 9.57. The van der Waals surface area contributed by atoms with Crippen molar-refractivity contribution in [2.45, 2.75) is 36.8 Å². The van der Waals surface area contributed by atoms with Crippen molar-refractivity contribution >= 4 is 27.2 Å². The Morgan fingerprint density at radius 3 is 2.63 bits per heavy atom. The third kappa shape index (κ3) is 6.14. The lowest BCUT2D eigenvalue weighted by atomic mass is 10.2. The minimum atomic E-state index is -3.14. The van der Waals surface area contributed by atoms with Crippen LogP contribution in [-0.4, -0.2) is 75.0 Å². The molecule has 3 rings (SSSR count). The highest BCUT2D eigenvalue weighted by Crippen LogP contribution is 2.14. The molecule has 150 valence electrons. The van der Waals surface area contributed by atoms with Gasteiger partial charge in [0.2, 0.25) is 0 Å². The first-order chi connectivity index (χ1) is 12.9. The van der Waals surface area contributed by atoms with Gasteiger partial charge in [-0.15, -0.1) is 0 Å². The normalized spacial score (nSPS) is 21.8. The van der Waals surface area contributed by atoms with Gasteiger partial charge >= 0.3 is 0 Å². The van der Waals surface area contributed by atoms with Gasteiger partial charge in [-0.3, -0.25) is 4.90 Å². The number of sulfone groups is 1. The predicted octanol–water partition coefficient (Wildman–Crippen LogP) is 1.65. The van der Waals surface area contributed by atoms with Crippen LogP contribution in [0.4, 0.5) is 0 Å². The maximum absolute atomic E-state index is 11.6. The quantitative estimate of drug-likeness (QED) is 0.739. The maximum Gasteiger partial charge on any atom is 0.175 e. The average Bonchev–Trinajstić information content (AvgIpc) is 3.05. The number of benzene rings is 1. The van der Waals surface area contributed by atoms with Gasteiger partial charge in [-0.25, -0.2) is 8.42 Å². The molecule has 2 saturated heterocycles. The van der Waals surface area contributed by atoms with E-state index in [1.807, 2.05) is 12.1 Å². The SMILES string of the molecule is CS(=O)(=O)c1ccc(CN2CCCN(C(=S)NCC3CCCO3)CC2)cc1. The van der Waals surface area contributed by atoms with E-state index in [9.17, 15) is 8.42 Å². The van der Waals surface area contributed by atoms with Gasteiger partial charge in [0.25, 0.3) is 0 Å². The smallest absolute Gasteiger partial charge is 0.175 e. The zero-order valence-electron chi connectivity index (χ0n) is 15.9. The second-order valence-electron chi connectivity index (χ2n) is 7.35. The van der Waals surface area contributed by atoms with Crippen LogP contribution in [0, 0.1) is 0 Å². The standard InChI is InChI=1S/C19H29N3O3S2/c1-27(23,24)18-7-5-16(6-8-18)15-21-9-3-10-22(12-11-21)19(26)20-14-17-4-2-13-25-17/h5-8,17H,2-4,9-15H2,1H3,(H,20,26). The van der Waals surface area contributed by atoms with Crippen molar-refractivity contribution in [2.24, 2.45) is 0 Å². The van der Waals surface area contributed by atoms with Gasteiger partial charge in [0.05, 0.1) is 11.0 Å². The maximum atomic E-state index is 11.6. The number of nitrogens with one attached hydrogen (secondary N) is 1. The summed E-state index contributed by atoms with van der Waals surface area (Å²) < 4.78 is 28.8. The van der Waals surface area contributed by atoms with Crippen LogP contribution < -0.4 is 5.32 Å². The molecule has 2 aliphatic rings. The van der Waals surface area contributed by atoms with Gasteiger partial charge < -0.3 is 15.0 Å². The Labute approximate surface area is 167 Å². The van der Waals surface area contributed by atoms with Crippen molar-refractivity contribution in [3.8, 4) is 0 Å². The van der Waals surface area contributed by atoms with Gasteiger partial charge in [0, 0.05) is 52.1 Å². The molecule has 1 aromatic rings. The van der Waals surface area contributed by atoms with Gasteiger partial charge in [-0.05, 0) is 49.2 Å². The highest BCUT2D eigenvalue weighted by molar-refractivity contribution is 7.90. The number of hydrogen-bond acceptors (Lipinski definition) is 5.